The standard InChI is InChI=1S/C17H28O2/c1-6-7-8-9-10-17(2,3)14-11-15(18-4)13-16(12-14)19-5/h11-13H,6-10H2,1-5H3/i2D3,3D3. The van der Waals surface area contributed by atoms with Gasteiger partial charge in [-0.2, -0.15) is 0 Å². The zero-order valence-electron chi connectivity index (χ0n) is 18.1. The van der Waals surface area contributed by atoms with Gasteiger partial charge in [0.05, 0.1) is 14.2 Å². The predicted octanol–water partition coefficient (Wildman–Crippen LogP) is 4.95. The minimum atomic E-state index is -2.69. The lowest BCUT2D eigenvalue weighted by Gasteiger charge is -2.26. The molecule has 0 saturated carbocycles. The lowest BCUT2D eigenvalue weighted by molar-refractivity contribution is 0.386. The first-order chi connectivity index (χ1) is 11.5. The maximum Gasteiger partial charge on any atom is 0.122 e. The fourth-order valence-corrected chi connectivity index (χ4v) is 2.02. The second-order valence-electron chi connectivity index (χ2n) is 4.82. The molecule has 2 nitrogen and oxygen atoms in total. The van der Waals surface area contributed by atoms with Crippen molar-refractivity contribution >= 4 is 0 Å². The predicted molar refractivity (Wildman–Crippen MR) is 81.3 cm³/mol. The fraction of sp³-hybridized carbons (Fsp3) is 0.647. The van der Waals surface area contributed by atoms with Crippen LogP contribution in [0.25, 0.3) is 0 Å². The summed E-state index contributed by atoms with van der Waals surface area (Å²) >= 11 is 0. The third-order valence-corrected chi connectivity index (χ3v) is 3.25. The Morgan fingerprint density at radius 2 is 1.63 bits per heavy atom. The molecule has 0 fully saturated rings. The van der Waals surface area contributed by atoms with Gasteiger partial charge in [-0.25, -0.2) is 0 Å². The normalized spacial score (nSPS) is 17.4. The zero-order chi connectivity index (χ0) is 19.3. The van der Waals surface area contributed by atoms with Gasteiger partial charge in [0.25, 0.3) is 0 Å². The molecule has 0 radical (unpaired) electrons. The van der Waals surface area contributed by atoms with E-state index < -0.39 is 19.1 Å². The molecule has 0 unspecified atom stereocenters. The van der Waals surface area contributed by atoms with Gasteiger partial charge in [0.1, 0.15) is 11.5 Å². The molecular formula is C17H28O2. The van der Waals surface area contributed by atoms with Gasteiger partial charge < -0.3 is 9.47 Å². The van der Waals surface area contributed by atoms with Gasteiger partial charge in [0, 0.05) is 14.3 Å². The topological polar surface area (TPSA) is 18.5 Å². The Morgan fingerprint density at radius 3 is 2.11 bits per heavy atom. The second-order valence-corrected chi connectivity index (χ2v) is 4.82. The molecule has 0 aliphatic heterocycles. The molecule has 1 aromatic carbocycles. The van der Waals surface area contributed by atoms with Crippen LogP contribution in [0.4, 0.5) is 0 Å². The van der Waals surface area contributed by atoms with Gasteiger partial charge >= 0.3 is 0 Å². The van der Waals surface area contributed by atoms with E-state index in [-0.39, 0.29) is 12.0 Å². The molecule has 0 saturated heterocycles. The Labute approximate surface area is 126 Å². The summed E-state index contributed by atoms with van der Waals surface area (Å²) in [7, 11) is 2.90. The minimum Gasteiger partial charge on any atom is -0.497 e. The molecule has 0 aliphatic rings. The summed E-state index contributed by atoms with van der Waals surface area (Å²) in [5, 5.41) is 0. The van der Waals surface area contributed by atoms with E-state index in [0.29, 0.717) is 17.9 Å². The molecule has 0 spiro atoms. The Bertz CT molecular complexity index is 515. The summed E-state index contributed by atoms with van der Waals surface area (Å²) in [5.74, 6) is 0.751. The lowest BCUT2D eigenvalue weighted by Crippen LogP contribution is -2.17. The SMILES string of the molecule is [2H]C([2H])([2H])C(CCCCCC)(c1cc(OC)cc(OC)c1)C([2H])([2H])[2H]. The van der Waals surface area contributed by atoms with Crippen molar-refractivity contribution in [1.29, 1.82) is 0 Å². The molecule has 0 amide bonds. The first-order valence-corrected chi connectivity index (χ1v) is 6.77. The molecule has 1 aromatic rings. The maximum absolute atomic E-state index is 8.06. The molecule has 0 heterocycles. The molecule has 0 atom stereocenters. The molecule has 0 bridgehead atoms. The van der Waals surface area contributed by atoms with E-state index in [9.17, 15) is 0 Å². The van der Waals surface area contributed by atoms with Crippen LogP contribution in [-0.4, -0.2) is 14.2 Å². The molecule has 0 aromatic heterocycles. The summed E-state index contributed by atoms with van der Waals surface area (Å²) < 4.78 is 58.8. The fourth-order valence-electron chi connectivity index (χ4n) is 2.02. The average molecular weight is 270 g/mol. The van der Waals surface area contributed by atoms with Gasteiger partial charge in [-0.15, -0.1) is 0 Å². The van der Waals surface area contributed by atoms with E-state index in [1.54, 1.807) is 6.07 Å². The summed E-state index contributed by atoms with van der Waals surface area (Å²) in [4.78, 5) is 0. The van der Waals surface area contributed by atoms with Crippen molar-refractivity contribution in [2.45, 2.75) is 58.1 Å². The van der Waals surface area contributed by atoms with Crippen LogP contribution in [0, 0.1) is 0 Å². The van der Waals surface area contributed by atoms with Crippen LogP contribution in [0.3, 0.4) is 0 Å². The van der Waals surface area contributed by atoms with Crippen molar-refractivity contribution in [2.24, 2.45) is 0 Å². The van der Waals surface area contributed by atoms with Crippen molar-refractivity contribution in [1.82, 2.24) is 0 Å². The van der Waals surface area contributed by atoms with Crippen LogP contribution in [0.2, 0.25) is 0 Å². The molecule has 1 rings (SSSR count). The van der Waals surface area contributed by atoms with Gasteiger partial charge in [-0.05, 0) is 29.5 Å². The van der Waals surface area contributed by atoms with E-state index >= 15 is 0 Å². The van der Waals surface area contributed by atoms with Crippen molar-refractivity contribution in [3.8, 4) is 11.5 Å². The van der Waals surface area contributed by atoms with Gasteiger partial charge in [-0.3, -0.25) is 0 Å². The van der Waals surface area contributed by atoms with Crippen LogP contribution in [0.5, 0.6) is 11.5 Å². The van der Waals surface area contributed by atoms with Gasteiger partial charge in [-0.1, -0.05) is 46.3 Å². The van der Waals surface area contributed by atoms with Gasteiger partial charge in [0.15, 0.2) is 0 Å². The third-order valence-electron chi connectivity index (χ3n) is 3.25. The number of hydrogen-bond acceptors (Lipinski definition) is 2. The molecule has 0 N–H and O–H groups in total. The van der Waals surface area contributed by atoms with Gasteiger partial charge in [0.2, 0.25) is 0 Å². The van der Waals surface area contributed by atoms with Crippen LogP contribution in [-0.2, 0) is 5.41 Å². The number of ether oxygens (including phenoxy) is 2. The quantitative estimate of drug-likeness (QED) is 0.622. The molecular weight excluding hydrogens is 236 g/mol. The highest BCUT2D eigenvalue weighted by Gasteiger charge is 2.21. The highest BCUT2D eigenvalue weighted by Crippen LogP contribution is 2.34. The summed E-state index contributed by atoms with van der Waals surface area (Å²) in [6, 6.07) is 4.60. The Hall–Kier alpha value is -1.18. The number of methoxy groups -OCH3 is 2. The van der Waals surface area contributed by atoms with E-state index in [1.807, 2.05) is 6.92 Å². The molecule has 19 heavy (non-hydrogen) atoms. The Morgan fingerprint density at radius 1 is 1.00 bits per heavy atom. The first kappa shape index (κ1) is 8.89. The number of unbranched alkanes of at least 4 members (excludes halogenated alkanes) is 3. The highest BCUT2D eigenvalue weighted by atomic mass is 16.5. The van der Waals surface area contributed by atoms with Crippen molar-refractivity contribution < 1.29 is 17.7 Å². The molecule has 108 valence electrons. The van der Waals surface area contributed by atoms with Crippen LogP contribution in [0.1, 0.15) is 66.5 Å². The minimum absolute atomic E-state index is 0.0519. The summed E-state index contributed by atoms with van der Waals surface area (Å²) in [5.41, 5.74) is -1.75. The van der Waals surface area contributed by atoms with Crippen LogP contribution < -0.4 is 9.47 Å². The zero-order valence-corrected chi connectivity index (χ0v) is 12.1. The van der Waals surface area contributed by atoms with E-state index in [2.05, 4.69) is 0 Å². The molecule has 0 aliphatic carbocycles. The number of benzene rings is 1. The highest BCUT2D eigenvalue weighted by molar-refractivity contribution is 5.41. The monoisotopic (exact) mass is 270 g/mol. The van der Waals surface area contributed by atoms with E-state index in [1.165, 1.54) is 26.4 Å². The lowest BCUT2D eigenvalue weighted by atomic mass is 9.80. The maximum atomic E-state index is 8.06. The van der Waals surface area contributed by atoms with Crippen LogP contribution in [0.15, 0.2) is 18.2 Å². The average Bonchev–Trinajstić information content (AvgIpc) is 2.51. The smallest absolute Gasteiger partial charge is 0.122 e. The van der Waals surface area contributed by atoms with Crippen molar-refractivity contribution in [3.05, 3.63) is 23.8 Å². The van der Waals surface area contributed by atoms with E-state index in [0.717, 1.165) is 19.3 Å². The van der Waals surface area contributed by atoms with Crippen molar-refractivity contribution in [3.63, 3.8) is 0 Å². The Kier molecular flexibility index (Phi) is 3.47. The molecule has 2 heteroatoms. The Balaban J connectivity index is 3.53. The number of rotatable bonds is 8. The summed E-state index contributed by atoms with van der Waals surface area (Å²) in [6.45, 7) is -3.34. The summed E-state index contributed by atoms with van der Waals surface area (Å²) in [6.07, 6.45) is 3.31. The first-order valence-electron chi connectivity index (χ1n) is 9.77. The number of hydrogen-bond donors (Lipinski definition) is 0. The third kappa shape index (κ3) is 4.77. The largest absolute Gasteiger partial charge is 0.497 e. The van der Waals surface area contributed by atoms with Crippen LogP contribution >= 0.6 is 0 Å². The second kappa shape index (κ2) is 7.42. The van der Waals surface area contributed by atoms with Crippen molar-refractivity contribution in [2.75, 3.05) is 14.2 Å². The van der Waals surface area contributed by atoms with E-state index in [4.69, 9.17) is 17.7 Å².